The van der Waals surface area contributed by atoms with Crippen LogP contribution < -0.4 is 15.0 Å². The average Bonchev–Trinajstić information content (AvgIpc) is 2.57. The minimum atomic E-state index is -0.273. The molecule has 5 nitrogen and oxygen atoms in total. The quantitative estimate of drug-likeness (QED) is 0.829. The summed E-state index contributed by atoms with van der Waals surface area (Å²) in [7, 11) is 1.51. The molecule has 2 aromatic carbocycles. The van der Waals surface area contributed by atoms with E-state index in [1.165, 1.54) is 18.9 Å². The number of hydrogen-bond donors (Lipinski definition) is 1. The summed E-state index contributed by atoms with van der Waals surface area (Å²) < 4.78 is 5.17. The van der Waals surface area contributed by atoms with Gasteiger partial charge >= 0.3 is 0 Å². The van der Waals surface area contributed by atoms with Crippen molar-refractivity contribution in [2.45, 2.75) is 6.92 Å². The minimum absolute atomic E-state index is 0.176. The summed E-state index contributed by atoms with van der Waals surface area (Å²) in [6.07, 6.45) is 0. The predicted octanol–water partition coefficient (Wildman–Crippen LogP) is 3.78. The number of amides is 2. The standard InChI is InChI=1S/C18H18Cl2N2O3/c1-12(23)22(15-10-13(19)9-14(20)11-15)8-7-21-18(24)16-5-3-4-6-17(16)25-2/h3-6,9-11H,7-8H2,1-2H3,(H,21,24). The van der Waals surface area contributed by atoms with Gasteiger partial charge in [-0.2, -0.15) is 0 Å². The molecule has 0 aliphatic rings. The Bertz CT molecular complexity index is 760. The fourth-order valence-corrected chi connectivity index (χ4v) is 2.89. The summed E-state index contributed by atoms with van der Waals surface area (Å²) in [5, 5.41) is 3.65. The zero-order valence-corrected chi connectivity index (χ0v) is 15.4. The molecule has 0 fully saturated rings. The molecule has 1 N–H and O–H groups in total. The molecule has 2 rings (SSSR count). The third-order valence-electron chi connectivity index (χ3n) is 3.51. The van der Waals surface area contributed by atoms with Gasteiger partial charge in [-0.05, 0) is 30.3 Å². The minimum Gasteiger partial charge on any atom is -0.496 e. The number of benzene rings is 2. The van der Waals surface area contributed by atoms with E-state index >= 15 is 0 Å². The zero-order chi connectivity index (χ0) is 18.4. The average molecular weight is 381 g/mol. The van der Waals surface area contributed by atoms with E-state index in [2.05, 4.69) is 5.32 Å². The first-order valence-corrected chi connectivity index (χ1v) is 8.33. The first kappa shape index (κ1) is 19.1. The normalized spacial score (nSPS) is 10.2. The van der Waals surface area contributed by atoms with Crippen LogP contribution in [0, 0.1) is 0 Å². The number of hydrogen-bond acceptors (Lipinski definition) is 3. The van der Waals surface area contributed by atoms with E-state index in [4.69, 9.17) is 27.9 Å². The molecule has 0 heterocycles. The van der Waals surface area contributed by atoms with Crippen molar-refractivity contribution >= 4 is 40.7 Å². The fourth-order valence-electron chi connectivity index (χ4n) is 2.37. The van der Waals surface area contributed by atoms with Gasteiger partial charge in [-0.3, -0.25) is 9.59 Å². The number of halogens is 2. The van der Waals surface area contributed by atoms with Crippen LogP contribution >= 0.6 is 23.2 Å². The molecule has 0 aromatic heterocycles. The first-order valence-electron chi connectivity index (χ1n) is 7.57. The highest BCUT2D eigenvalue weighted by atomic mass is 35.5. The summed E-state index contributed by atoms with van der Waals surface area (Å²) >= 11 is 12.0. The van der Waals surface area contributed by atoms with Crippen molar-refractivity contribution < 1.29 is 14.3 Å². The third kappa shape index (κ3) is 5.11. The highest BCUT2D eigenvalue weighted by molar-refractivity contribution is 6.35. The lowest BCUT2D eigenvalue weighted by atomic mass is 10.2. The van der Waals surface area contributed by atoms with Crippen LogP contribution in [0.15, 0.2) is 42.5 Å². The summed E-state index contributed by atoms with van der Waals surface area (Å²) in [5.41, 5.74) is 1.02. The summed E-state index contributed by atoms with van der Waals surface area (Å²) in [5.74, 6) is 0.0417. The Labute approximate surface area is 156 Å². The molecule has 0 bridgehead atoms. The molecule has 0 saturated carbocycles. The van der Waals surface area contributed by atoms with Crippen LogP contribution in [0.3, 0.4) is 0 Å². The number of rotatable bonds is 6. The molecule has 0 unspecified atom stereocenters. The van der Waals surface area contributed by atoms with Crippen LogP contribution in [0.2, 0.25) is 10.0 Å². The van der Waals surface area contributed by atoms with Crippen LogP contribution in [-0.4, -0.2) is 32.0 Å². The van der Waals surface area contributed by atoms with Crippen molar-refractivity contribution in [3.05, 3.63) is 58.1 Å². The Morgan fingerprint density at radius 1 is 1.12 bits per heavy atom. The molecule has 0 aliphatic heterocycles. The first-order chi connectivity index (χ1) is 11.9. The number of nitrogens with zero attached hydrogens (tertiary/aromatic N) is 1. The Kier molecular flexibility index (Phi) is 6.67. The largest absolute Gasteiger partial charge is 0.496 e. The van der Waals surface area contributed by atoms with Gasteiger partial charge in [0.25, 0.3) is 5.91 Å². The summed E-state index contributed by atoms with van der Waals surface area (Å²) in [6, 6.07) is 11.8. The lowest BCUT2D eigenvalue weighted by Gasteiger charge is -2.22. The van der Waals surface area contributed by atoms with Gasteiger partial charge in [-0.1, -0.05) is 35.3 Å². The van der Waals surface area contributed by atoms with E-state index in [1.807, 2.05) is 0 Å². The molecule has 7 heteroatoms. The maximum atomic E-state index is 12.3. The van der Waals surface area contributed by atoms with Gasteiger partial charge < -0.3 is 15.0 Å². The highest BCUT2D eigenvalue weighted by Crippen LogP contribution is 2.25. The molecular formula is C18H18Cl2N2O3. The van der Waals surface area contributed by atoms with E-state index in [1.54, 1.807) is 42.5 Å². The number of anilines is 1. The molecule has 0 aliphatic carbocycles. The number of para-hydroxylation sites is 1. The smallest absolute Gasteiger partial charge is 0.255 e. The lowest BCUT2D eigenvalue weighted by molar-refractivity contribution is -0.116. The molecule has 2 amide bonds. The second-order valence-electron chi connectivity index (χ2n) is 5.25. The van der Waals surface area contributed by atoms with Crippen LogP contribution in [0.4, 0.5) is 5.69 Å². The highest BCUT2D eigenvalue weighted by Gasteiger charge is 2.15. The summed E-state index contributed by atoms with van der Waals surface area (Å²) in [4.78, 5) is 25.7. The van der Waals surface area contributed by atoms with Crippen LogP contribution in [0.1, 0.15) is 17.3 Å². The van der Waals surface area contributed by atoms with Crippen LogP contribution in [0.25, 0.3) is 0 Å². The van der Waals surface area contributed by atoms with E-state index in [9.17, 15) is 9.59 Å². The molecule has 2 aromatic rings. The van der Waals surface area contributed by atoms with Crippen LogP contribution in [-0.2, 0) is 4.79 Å². The molecule has 25 heavy (non-hydrogen) atoms. The van der Waals surface area contributed by atoms with Gasteiger partial charge in [0.2, 0.25) is 5.91 Å². The van der Waals surface area contributed by atoms with Gasteiger partial charge in [0, 0.05) is 35.7 Å². The monoisotopic (exact) mass is 380 g/mol. The summed E-state index contributed by atoms with van der Waals surface area (Å²) in [6.45, 7) is 1.99. The van der Waals surface area contributed by atoms with Gasteiger partial charge in [0.1, 0.15) is 5.75 Å². The van der Waals surface area contributed by atoms with E-state index in [0.29, 0.717) is 27.0 Å². The third-order valence-corrected chi connectivity index (χ3v) is 3.95. The maximum absolute atomic E-state index is 12.3. The molecule has 0 saturated heterocycles. The molecular weight excluding hydrogens is 363 g/mol. The second kappa shape index (κ2) is 8.74. The number of nitrogens with one attached hydrogen (secondary N) is 1. The predicted molar refractivity (Wildman–Crippen MR) is 99.8 cm³/mol. The van der Waals surface area contributed by atoms with Crippen molar-refractivity contribution in [3.8, 4) is 5.75 Å². The molecule has 0 atom stereocenters. The topological polar surface area (TPSA) is 58.6 Å². The van der Waals surface area contributed by atoms with Gasteiger partial charge in [-0.25, -0.2) is 0 Å². The Hall–Kier alpha value is -2.24. The Morgan fingerprint density at radius 3 is 2.36 bits per heavy atom. The molecule has 132 valence electrons. The van der Waals surface area contributed by atoms with Crippen molar-refractivity contribution in [1.82, 2.24) is 5.32 Å². The Balaban J connectivity index is 2.04. The molecule has 0 radical (unpaired) electrons. The van der Waals surface area contributed by atoms with E-state index in [0.717, 1.165) is 0 Å². The number of carbonyl (C=O) groups excluding carboxylic acids is 2. The van der Waals surface area contributed by atoms with Crippen molar-refractivity contribution in [3.63, 3.8) is 0 Å². The number of ether oxygens (including phenoxy) is 1. The van der Waals surface area contributed by atoms with Crippen molar-refractivity contribution in [2.75, 3.05) is 25.1 Å². The van der Waals surface area contributed by atoms with Gasteiger partial charge in [-0.15, -0.1) is 0 Å². The molecule has 0 spiro atoms. The lowest BCUT2D eigenvalue weighted by Crippen LogP contribution is -2.37. The van der Waals surface area contributed by atoms with Crippen LogP contribution in [0.5, 0.6) is 5.75 Å². The number of carbonyl (C=O) groups is 2. The maximum Gasteiger partial charge on any atom is 0.255 e. The van der Waals surface area contributed by atoms with Crippen molar-refractivity contribution in [2.24, 2.45) is 0 Å². The number of methoxy groups -OCH3 is 1. The van der Waals surface area contributed by atoms with Gasteiger partial charge in [0.05, 0.1) is 12.7 Å². The zero-order valence-electron chi connectivity index (χ0n) is 13.9. The van der Waals surface area contributed by atoms with E-state index < -0.39 is 0 Å². The second-order valence-corrected chi connectivity index (χ2v) is 6.13. The fraction of sp³-hybridized carbons (Fsp3) is 0.222. The Morgan fingerprint density at radius 2 is 1.76 bits per heavy atom. The van der Waals surface area contributed by atoms with Crippen molar-refractivity contribution in [1.29, 1.82) is 0 Å². The van der Waals surface area contributed by atoms with E-state index in [-0.39, 0.29) is 24.9 Å². The van der Waals surface area contributed by atoms with Gasteiger partial charge in [0.15, 0.2) is 0 Å². The SMILES string of the molecule is COc1ccccc1C(=O)NCCN(C(C)=O)c1cc(Cl)cc(Cl)c1.